The van der Waals surface area contributed by atoms with Gasteiger partial charge < -0.3 is 4.74 Å². The molecule has 16 heavy (non-hydrogen) atoms. The highest BCUT2D eigenvalue weighted by Gasteiger charge is 2.41. The molecule has 0 saturated heterocycles. The van der Waals surface area contributed by atoms with Crippen LogP contribution in [0.1, 0.15) is 12.5 Å². The number of benzene rings is 1. The second-order valence-corrected chi connectivity index (χ2v) is 4.75. The van der Waals surface area contributed by atoms with Crippen LogP contribution in [0.4, 0.5) is 0 Å². The monoisotopic (exact) mass is 285 g/mol. The largest absolute Gasteiger partial charge is 0.464 e. The summed E-state index contributed by atoms with van der Waals surface area (Å²) < 4.78 is 4.18. The van der Waals surface area contributed by atoms with Crippen LogP contribution in [-0.4, -0.2) is 31.6 Å². The van der Waals surface area contributed by atoms with Gasteiger partial charge >= 0.3 is 5.97 Å². The van der Waals surface area contributed by atoms with Crippen LogP contribution in [0.15, 0.2) is 30.3 Å². The van der Waals surface area contributed by atoms with Gasteiger partial charge in [0.05, 0.1) is 6.61 Å². The molecule has 3 nitrogen and oxygen atoms in total. The SMILES string of the molecule is CCOC(=O)[C@@](Br)(c1ccccc1)N(C)C. The van der Waals surface area contributed by atoms with E-state index in [1.165, 1.54) is 0 Å². The number of carbonyl (C=O) groups excluding carboxylic acids is 1. The first kappa shape index (κ1) is 13.2. The minimum absolute atomic E-state index is 0.300. The van der Waals surface area contributed by atoms with Gasteiger partial charge in [0.1, 0.15) is 0 Å². The van der Waals surface area contributed by atoms with E-state index in [1.54, 1.807) is 11.8 Å². The number of alkyl halides is 1. The number of halogens is 1. The van der Waals surface area contributed by atoms with E-state index in [0.29, 0.717) is 6.61 Å². The van der Waals surface area contributed by atoms with Crippen LogP contribution in [-0.2, 0) is 14.0 Å². The molecule has 0 spiro atoms. The lowest BCUT2D eigenvalue weighted by molar-refractivity contribution is -0.150. The molecule has 1 rings (SSSR count). The summed E-state index contributed by atoms with van der Waals surface area (Å²) in [5.41, 5.74) is 0.860. The Balaban J connectivity index is 3.12. The predicted octanol–water partition coefficient (Wildman–Crippen LogP) is 2.36. The summed E-state index contributed by atoms with van der Waals surface area (Å²) in [7, 11) is 3.66. The van der Waals surface area contributed by atoms with Gasteiger partial charge in [0.25, 0.3) is 0 Å². The topological polar surface area (TPSA) is 29.5 Å². The lowest BCUT2D eigenvalue weighted by Crippen LogP contribution is -2.44. The average molecular weight is 286 g/mol. The van der Waals surface area contributed by atoms with Crippen LogP contribution in [0.25, 0.3) is 0 Å². The van der Waals surface area contributed by atoms with Crippen LogP contribution >= 0.6 is 15.9 Å². The number of carbonyl (C=O) groups is 1. The molecule has 1 aromatic carbocycles. The van der Waals surface area contributed by atoms with Crippen LogP contribution in [0.3, 0.4) is 0 Å². The van der Waals surface area contributed by atoms with E-state index >= 15 is 0 Å². The summed E-state index contributed by atoms with van der Waals surface area (Å²) in [6.45, 7) is 2.17. The molecule has 0 unspecified atom stereocenters. The van der Waals surface area contributed by atoms with Crippen molar-refractivity contribution in [2.45, 2.75) is 11.4 Å². The van der Waals surface area contributed by atoms with Gasteiger partial charge in [0.15, 0.2) is 0 Å². The Morgan fingerprint density at radius 3 is 2.38 bits per heavy atom. The molecule has 0 radical (unpaired) electrons. The molecule has 0 aliphatic rings. The first-order chi connectivity index (χ1) is 7.53. The second kappa shape index (κ2) is 5.46. The molecule has 0 aliphatic heterocycles. The third kappa shape index (κ3) is 2.44. The number of nitrogens with zero attached hydrogens (tertiary/aromatic N) is 1. The summed E-state index contributed by atoms with van der Waals surface area (Å²) in [5, 5.41) is 0. The van der Waals surface area contributed by atoms with Crippen molar-refractivity contribution >= 4 is 21.9 Å². The van der Waals surface area contributed by atoms with E-state index in [2.05, 4.69) is 15.9 Å². The molecule has 0 fully saturated rings. The van der Waals surface area contributed by atoms with Crippen LogP contribution in [0.5, 0.6) is 0 Å². The molecule has 0 saturated carbocycles. The molecule has 1 atom stereocenters. The van der Waals surface area contributed by atoms with Crippen molar-refractivity contribution in [2.75, 3.05) is 20.7 Å². The Morgan fingerprint density at radius 2 is 1.94 bits per heavy atom. The first-order valence-corrected chi connectivity index (χ1v) is 5.91. The molecule has 0 N–H and O–H groups in total. The maximum atomic E-state index is 12.0. The lowest BCUT2D eigenvalue weighted by atomic mass is 10.1. The maximum Gasteiger partial charge on any atom is 0.342 e. The molecule has 0 amide bonds. The Morgan fingerprint density at radius 1 is 1.38 bits per heavy atom. The van der Waals surface area contributed by atoms with Gasteiger partial charge in [-0.1, -0.05) is 30.3 Å². The van der Waals surface area contributed by atoms with Crippen molar-refractivity contribution in [3.8, 4) is 0 Å². The van der Waals surface area contributed by atoms with Gasteiger partial charge in [-0.15, -0.1) is 0 Å². The summed E-state index contributed by atoms with van der Waals surface area (Å²) in [5.74, 6) is -0.300. The third-order valence-electron chi connectivity index (χ3n) is 2.32. The van der Waals surface area contributed by atoms with Gasteiger partial charge in [-0.25, -0.2) is 4.79 Å². The highest BCUT2D eigenvalue weighted by atomic mass is 79.9. The highest BCUT2D eigenvalue weighted by Crippen LogP contribution is 2.34. The zero-order chi connectivity index (χ0) is 12.2. The van der Waals surface area contributed by atoms with E-state index < -0.39 is 4.45 Å². The zero-order valence-corrected chi connectivity index (χ0v) is 11.3. The lowest BCUT2D eigenvalue weighted by Gasteiger charge is -2.32. The quantitative estimate of drug-likeness (QED) is 0.483. The molecular formula is C12H16BrNO2. The van der Waals surface area contributed by atoms with E-state index in [0.717, 1.165) is 5.56 Å². The Bertz CT molecular complexity index is 353. The van der Waals surface area contributed by atoms with Crippen LogP contribution in [0.2, 0.25) is 0 Å². The molecule has 1 aromatic rings. The smallest absolute Gasteiger partial charge is 0.342 e. The summed E-state index contributed by atoms with van der Waals surface area (Å²) in [6.07, 6.45) is 0. The second-order valence-electron chi connectivity index (χ2n) is 3.60. The fraction of sp³-hybridized carbons (Fsp3) is 0.417. The predicted molar refractivity (Wildman–Crippen MR) is 67.4 cm³/mol. The van der Waals surface area contributed by atoms with E-state index in [-0.39, 0.29) is 5.97 Å². The third-order valence-corrected chi connectivity index (χ3v) is 3.81. The van der Waals surface area contributed by atoms with Gasteiger partial charge in [0, 0.05) is 0 Å². The van der Waals surface area contributed by atoms with Crippen molar-refractivity contribution < 1.29 is 9.53 Å². The number of rotatable bonds is 4. The van der Waals surface area contributed by atoms with Gasteiger partial charge in [0.2, 0.25) is 4.45 Å². The standard InChI is InChI=1S/C12H16BrNO2/c1-4-16-11(15)12(13,14(2)3)10-8-6-5-7-9-10/h5-9H,4H2,1-3H3/t12-/m1/s1. The summed E-state index contributed by atoms with van der Waals surface area (Å²) >= 11 is 3.48. The summed E-state index contributed by atoms with van der Waals surface area (Å²) in [6, 6.07) is 9.50. The number of ether oxygens (including phenoxy) is 1. The van der Waals surface area contributed by atoms with Gasteiger partial charge in [-0.05, 0) is 42.5 Å². The normalized spacial score (nSPS) is 14.6. The van der Waals surface area contributed by atoms with Crippen molar-refractivity contribution in [1.29, 1.82) is 0 Å². The van der Waals surface area contributed by atoms with E-state index in [9.17, 15) is 4.79 Å². The number of likely N-dealkylation sites (N-methyl/N-ethyl adjacent to an activating group) is 1. The summed E-state index contributed by atoms with van der Waals surface area (Å²) in [4.78, 5) is 13.8. The van der Waals surface area contributed by atoms with E-state index in [4.69, 9.17) is 4.74 Å². The number of esters is 1. The molecule has 0 bridgehead atoms. The Hall–Kier alpha value is -0.870. The van der Waals surface area contributed by atoms with Gasteiger partial charge in [-0.2, -0.15) is 0 Å². The van der Waals surface area contributed by atoms with E-state index in [1.807, 2.05) is 44.4 Å². The average Bonchev–Trinajstić information content (AvgIpc) is 2.29. The number of hydrogen-bond donors (Lipinski definition) is 0. The minimum Gasteiger partial charge on any atom is -0.464 e. The van der Waals surface area contributed by atoms with Crippen molar-refractivity contribution in [3.05, 3.63) is 35.9 Å². The highest BCUT2D eigenvalue weighted by molar-refractivity contribution is 9.10. The number of hydrogen-bond acceptors (Lipinski definition) is 3. The Kier molecular flexibility index (Phi) is 4.50. The first-order valence-electron chi connectivity index (χ1n) is 5.12. The zero-order valence-electron chi connectivity index (χ0n) is 9.74. The fourth-order valence-corrected chi connectivity index (χ4v) is 1.82. The molecule has 4 heteroatoms. The maximum absolute atomic E-state index is 12.0. The fourth-order valence-electron chi connectivity index (χ4n) is 1.44. The molecule has 88 valence electrons. The molecule has 0 aliphatic carbocycles. The van der Waals surface area contributed by atoms with Crippen molar-refractivity contribution in [2.24, 2.45) is 0 Å². The van der Waals surface area contributed by atoms with Crippen molar-refractivity contribution in [1.82, 2.24) is 4.90 Å². The van der Waals surface area contributed by atoms with Gasteiger partial charge in [-0.3, -0.25) is 4.90 Å². The van der Waals surface area contributed by atoms with Crippen LogP contribution in [0, 0.1) is 0 Å². The molecule has 0 heterocycles. The Labute approximate surface area is 105 Å². The van der Waals surface area contributed by atoms with Crippen molar-refractivity contribution in [3.63, 3.8) is 0 Å². The molecule has 0 aromatic heterocycles. The van der Waals surface area contributed by atoms with Crippen LogP contribution < -0.4 is 0 Å². The molecular weight excluding hydrogens is 270 g/mol. The minimum atomic E-state index is -0.912.